The summed E-state index contributed by atoms with van der Waals surface area (Å²) in [5.74, 6) is -1.03. The molecule has 3 aromatic carbocycles. The number of sulfonamides is 1. The van der Waals surface area contributed by atoms with Crippen LogP contribution in [0.5, 0.6) is 0 Å². The zero-order valence-corrected chi connectivity index (χ0v) is 14.3. The molecule has 0 unspecified atom stereocenters. The highest BCUT2D eigenvalue weighted by Gasteiger charge is 2.14. The molecule has 0 radical (unpaired) electrons. The fourth-order valence-electron chi connectivity index (χ4n) is 2.26. The molecule has 7 heteroatoms. The van der Waals surface area contributed by atoms with E-state index in [-0.39, 0.29) is 16.1 Å². The third kappa shape index (κ3) is 4.07. The molecule has 0 bridgehead atoms. The van der Waals surface area contributed by atoms with Crippen LogP contribution in [-0.2, 0) is 10.0 Å². The van der Waals surface area contributed by atoms with Gasteiger partial charge in [-0.15, -0.1) is 0 Å². The minimum atomic E-state index is -3.70. The molecule has 0 saturated carbocycles. The van der Waals surface area contributed by atoms with Crippen LogP contribution >= 0.6 is 0 Å². The normalized spacial score (nSPS) is 11.0. The van der Waals surface area contributed by atoms with E-state index >= 15 is 0 Å². The minimum Gasteiger partial charge on any atom is -0.319 e. The van der Waals surface area contributed by atoms with Crippen LogP contribution in [0.1, 0.15) is 10.4 Å². The van der Waals surface area contributed by atoms with Crippen molar-refractivity contribution in [2.24, 2.45) is 0 Å². The number of para-hydroxylation sites is 1. The number of carbonyl (C=O) groups excluding carboxylic acids is 1. The van der Waals surface area contributed by atoms with Crippen LogP contribution in [0.3, 0.4) is 0 Å². The number of hydrogen-bond donors (Lipinski definition) is 2. The van der Waals surface area contributed by atoms with Gasteiger partial charge in [-0.25, -0.2) is 12.8 Å². The number of hydrogen-bond acceptors (Lipinski definition) is 3. The zero-order chi connectivity index (χ0) is 18.6. The SMILES string of the molecule is O=C(Nc1ccccc1F)c1ccc(NS(=O)(=O)c2ccccc2)cc1. The van der Waals surface area contributed by atoms with E-state index in [1.165, 1.54) is 54.6 Å². The summed E-state index contributed by atoms with van der Waals surface area (Å²) < 4.78 is 40.6. The van der Waals surface area contributed by atoms with Gasteiger partial charge in [0.1, 0.15) is 5.82 Å². The molecule has 3 aromatic rings. The van der Waals surface area contributed by atoms with E-state index in [1.54, 1.807) is 24.3 Å². The summed E-state index contributed by atoms with van der Waals surface area (Å²) in [5.41, 5.74) is 0.665. The molecule has 0 saturated heterocycles. The van der Waals surface area contributed by atoms with Crippen molar-refractivity contribution >= 4 is 27.3 Å². The zero-order valence-electron chi connectivity index (χ0n) is 13.5. The number of nitrogens with one attached hydrogen (secondary N) is 2. The second kappa shape index (κ2) is 7.37. The van der Waals surface area contributed by atoms with E-state index in [0.29, 0.717) is 5.69 Å². The summed E-state index contributed by atoms with van der Waals surface area (Å²) in [7, 11) is -3.70. The monoisotopic (exact) mass is 370 g/mol. The van der Waals surface area contributed by atoms with Gasteiger partial charge in [0.25, 0.3) is 15.9 Å². The molecule has 0 aliphatic heterocycles. The van der Waals surface area contributed by atoms with Crippen LogP contribution in [0.25, 0.3) is 0 Å². The first-order chi connectivity index (χ1) is 12.5. The van der Waals surface area contributed by atoms with Gasteiger partial charge < -0.3 is 5.32 Å². The number of halogens is 1. The molecule has 26 heavy (non-hydrogen) atoms. The van der Waals surface area contributed by atoms with Crippen LogP contribution in [0.15, 0.2) is 83.8 Å². The molecular weight excluding hydrogens is 355 g/mol. The van der Waals surface area contributed by atoms with Gasteiger partial charge in [-0.05, 0) is 48.5 Å². The van der Waals surface area contributed by atoms with Crippen molar-refractivity contribution in [2.75, 3.05) is 10.0 Å². The van der Waals surface area contributed by atoms with Crippen molar-refractivity contribution in [3.8, 4) is 0 Å². The minimum absolute atomic E-state index is 0.0753. The summed E-state index contributed by atoms with van der Waals surface area (Å²) in [6, 6.07) is 19.6. The Kier molecular flexibility index (Phi) is 4.99. The molecule has 3 rings (SSSR count). The third-order valence-corrected chi connectivity index (χ3v) is 4.97. The summed E-state index contributed by atoms with van der Waals surface area (Å²) in [5, 5.41) is 2.47. The number of amides is 1. The van der Waals surface area contributed by atoms with E-state index in [0.717, 1.165) is 0 Å². The number of rotatable bonds is 5. The average molecular weight is 370 g/mol. The number of carbonyl (C=O) groups is 1. The van der Waals surface area contributed by atoms with Crippen molar-refractivity contribution in [1.82, 2.24) is 0 Å². The molecular formula is C19H15FN2O3S. The predicted octanol–water partition coefficient (Wildman–Crippen LogP) is 3.88. The Labute approximate surface area is 150 Å². The van der Waals surface area contributed by atoms with Crippen LogP contribution in [-0.4, -0.2) is 14.3 Å². The molecule has 0 aliphatic carbocycles. The maximum Gasteiger partial charge on any atom is 0.261 e. The van der Waals surface area contributed by atoms with Gasteiger partial charge in [-0.2, -0.15) is 0 Å². The Bertz CT molecular complexity index is 1020. The van der Waals surface area contributed by atoms with Crippen molar-refractivity contribution in [2.45, 2.75) is 4.90 Å². The van der Waals surface area contributed by atoms with Crippen molar-refractivity contribution in [3.63, 3.8) is 0 Å². The second-order valence-electron chi connectivity index (χ2n) is 5.43. The van der Waals surface area contributed by atoms with E-state index in [1.807, 2.05) is 0 Å². The highest BCUT2D eigenvalue weighted by atomic mass is 32.2. The summed E-state index contributed by atoms with van der Waals surface area (Å²) in [4.78, 5) is 12.3. The van der Waals surface area contributed by atoms with E-state index in [9.17, 15) is 17.6 Å². The predicted molar refractivity (Wildman–Crippen MR) is 98.0 cm³/mol. The van der Waals surface area contributed by atoms with Gasteiger partial charge in [0.2, 0.25) is 0 Å². The summed E-state index contributed by atoms with van der Waals surface area (Å²) in [6.45, 7) is 0. The summed E-state index contributed by atoms with van der Waals surface area (Å²) in [6.07, 6.45) is 0. The highest BCUT2D eigenvalue weighted by molar-refractivity contribution is 7.92. The Morgan fingerprint density at radius 2 is 1.42 bits per heavy atom. The first-order valence-electron chi connectivity index (χ1n) is 7.69. The van der Waals surface area contributed by atoms with Crippen LogP contribution in [0.2, 0.25) is 0 Å². The first-order valence-corrected chi connectivity index (χ1v) is 9.18. The van der Waals surface area contributed by atoms with Gasteiger partial charge in [0.15, 0.2) is 0 Å². The molecule has 0 spiro atoms. The highest BCUT2D eigenvalue weighted by Crippen LogP contribution is 2.18. The Hall–Kier alpha value is -3.19. The topological polar surface area (TPSA) is 75.3 Å². The van der Waals surface area contributed by atoms with Crippen molar-refractivity contribution < 1.29 is 17.6 Å². The summed E-state index contributed by atoms with van der Waals surface area (Å²) >= 11 is 0. The Morgan fingerprint density at radius 1 is 0.808 bits per heavy atom. The molecule has 132 valence electrons. The fraction of sp³-hybridized carbons (Fsp3) is 0. The lowest BCUT2D eigenvalue weighted by atomic mass is 10.2. The molecule has 0 fully saturated rings. The van der Waals surface area contributed by atoms with E-state index in [4.69, 9.17) is 0 Å². The number of anilines is 2. The maximum absolute atomic E-state index is 13.6. The molecule has 2 N–H and O–H groups in total. The molecule has 0 aliphatic rings. The molecule has 1 amide bonds. The van der Waals surface area contributed by atoms with Crippen molar-refractivity contribution in [3.05, 3.63) is 90.2 Å². The number of benzene rings is 3. The molecule has 0 heterocycles. The van der Waals surface area contributed by atoms with Gasteiger partial charge in [0.05, 0.1) is 10.6 Å². The van der Waals surface area contributed by atoms with Gasteiger partial charge in [-0.1, -0.05) is 30.3 Å². The van der Waals surface area contributed by atoms with Gasteiger partial charge in [-0.3, -0.25) is 9.52 Å². The van der Waals surface area contributed by atoms with E-state index in [2.05, 4.69) is 10.0 Å². The van der Waals surface area contributed by atoms with Crippen LogP contribution in [0, 0.1) is 5.82 Å². The van der Waals surface area contributed by atoms with Gasteiger partial charge in [0, 0.05) is 11.3 Å². The van der Waals surface area contributed by atoms with Crippen molar-refractivity contribution in [1.29, 1.82) is 0 Å². The lowest BCUT2D eigenvalue weighted by Crippen LogP contribution is -2.14. The van der Waals surface area contributed by atoms with Crippen LogP contribution in [0.4, 0.5) is 15.8 Å². The maximum atomic E-state index is 13.6. The van der Waals surface area contributed by atoms with Gasteiger partial charge >= 0.3 is 0 Å². The quantitative estimate of drug-likeness (QED) is 0.716. The Morgan fingerprint density at radius 3 is 2.08 bits per heavy atom. The Balaban J connectivity index is 1.72. The standard InChI is InChI=1S/C19H15FN2O3S/c20-17-8-4-5-9-18(17)21-19(23)14-10-12-15(13-11-14)22-26(24,25)16-6-2-1-3-7-16/h1-13,22H,(H,21,23). The van der Waals surface area contributed by atoms with E-state index < -0.39 is 21.7 Å². The molecule has 0 atom stereocenters. The van der Waals surface area contributed by atoms with Crippen LogP contribution < -0.4 is 10.0 Å². The second-order valence-corrected chi connectivity index (χ2v) is 7.11. The molecule has 0 aromatic heterocycles. The first kappa shape index (κ1) is 17.6. The lowest BCUT2D eigenvalue weighted by Gasteiger charge is -2.09. The molecule has 5 nitrogen and oxygen atoms in total. The smallest absolute Gasteiger partial charge is 0.261 e. The lowest BCUT2D eigenvalue weighted by molar-refractivity contribution is 0.102. The average Bonchev–Trinajstić information content (AvgIpc) is 2.64. The fourth-order valence-corrected chi connectivity index (χ4v) is 3.34. The third-order valence-electron chi connectivity index (χ3n) is 3.57. The largest absolute Gasteiger partial charge is 0.319 e.